The molecule has 0 aliphatic rings. The molecule has 0 amide bonds. The zero-order valence-corrected chi connectivity index (χ0v) is 12.0. The Kier molecular flexibility index (Phi) is 6.16. The fourth-order valence-electron chi connectivity index (χ4n) is 1.99. The van der Waals surface area contributed by atoms with E-state index in [2.05, 4.69) is 32.9 Å². The molecular weight excluding hydrogens is 226 g/mol. The quantitative estimate of drug-likeness (QED) is 0.757. The molecule has 1 atom stereocenters. The Morgan fingerprint density at radius 2 is 1.94 bits per heavy atom. The predicted molar refractivity (Wildman–Crippen MR) is 75.1 cm³/mol. The van der Waals surface area contributed by atoms with Gasteiger partial charge >= 0.3 is 0 Å². The van der Waals surface area contributed by atoms with E-state index < -0.39 is 0 Å². The molecule has 18 heavy (non-hydrogen) atoms. The lowest BCUT2D eigenvalue weighted by molar-refractivity contribution is 0.127. The first-order valence-electron chi connectivity index (χ1n) is 6.59. The van der Waals surface area contributed by atoms with Crippen molar-refractivity contribution in [3.05, 3.63) is 28.8 Å². The van der Waals surface area contributed by atoms with Crippen LogP contribution in [0.1, 0.15) is 42.5 Å². The number of aryl methyl sites for hydroxylation is 1. The number of methoxy groups -OCH3 is 1. The van der Waals surface area contributed by atoms with Gasteiger partial charge in [-0.25, -0.2) is 0 Å². The summed E-state index contributed by atoms with van der Waals surface area (Å²) in [6.45, 7) is 7.75. The minimum absolute atomic E-state index is 0.0314. The maximum atomic E-state index is 6.21. The summed E-state index contributed by atoms with van der Waals surface area (Å²) in [5, 5.41) is 0. The number of nitrogens with two attached hydrogens (primary N) is 1. The maximum absolute atomic E-state index is 6.21. The van der Waals surface area contributed by atoms with Crippen LogP contribution in [0.15, 0.2) is 12.1 Å². The highest BCUT2D eigenvalue weighted by atomic mass is 16.5. The Morgan fingerprint density at radius 3 is 2.56 bits per heavy atom. The fourth-order valence-corrected chi connectivity index (χ4v) is 1.99. The second-order valence-corrected chi connectivity index (χ2v) is 4.64. The van der Waals surface area contributed by atoms with Crippen molar-refractivity contribution in [2.24, 2.45) is 5.73 Å². The van der Waals surface area contributed by atoms with Crippen LogP contribution in [0.4, 0.5) is 0 Å². The van der Waals surface area contributed by atoms with Crippen molar-refractivity contribution in [2.45, 2.75) is 39.7 Å². The van der Waals surface area contributed by atoms with Gasteiger partial charge in [0.15, 0.2) is 0 Å². The molecule has 1 aromatic carbocycles. The maximum Gasteiger partial charge on any atom is 0.126 e. The normalized spacial score (nSPS) is 12.5. The first kappa shape index (κ1) is 15.0. The molecule has 0 heterocycles. The van der Waals surface area contributed by atoms with E-state index in [0.29, 0.717) is 6.61 Å². The molecule has 3 nitrogen and oxygen atoms in total. The van der Waals surface area contributed by atoms with E-state index in [9.17, 15) is 0 Å². The summed E-state index contributed by atoms with van der Waals surface area (Å²) in [5.41, 5.74) is 9.68. The van der Waals surface area contributed by atoms with Crippen LogP contribution in [-0.2, 0) is 4.74 Å². The zero-order valence-electron chi connectivity index (χ0n) is 12.0. The Labute approximate surface area is 110 Å². The molecule has 0 spiro atoms. The molecule has 0 radical (unpaired) electrons. The van der Waals surface area contributed by atoms with E-state index >= 15 is 0 Å². The Balaban J connectivity index is 2.73. The molecule has 1 rings (SSSR count). The lowest BCUT2D eigenvalue weighted by atomic mass is 9.98. The van der Waals surface area contributed by atoms with Crippen LogP contribution in [0.5, 0.6) is 5.75 Å². The topological polar surface area (TPSA) is 44.5 Å². The smallest absolute Gasteiger partial charge is 0.126 e. The predicted octanol–water partition coefficient (Wildman–Crippen LogP) is 3.13. The Bertz CT molecular complexity index is 377. The van der Waals surface area contributed by atoms with Gasteiger partial charge in [0.25, 0.3) is 0 Å². The van der Waals surface area contributed by atoms with E-state index in [0.717, 1.165) is 30.8 Å². The number of hydrogen-bond acceptors (Lipinski definition) is 3. The largest absolute Gasteiger partial charge is 0.496 e. The summed E-state index contributed by atoms with van der Waals surface area (Å²) in [4.78, 5) is 0. The van der Waals surface area contributed by atoms with Gasteiger partial charge in [-0.05, 0) is 37.8 Å². The Morgan fingerprint density at radius 1 is 1.22 bits per heavy atom. The average Bonchev–Trinajstić information content (AvgIpc) is 2.37. The third-order valence-electron chi connectivity index (χ3n) is 3.23. The third kappa shape index (κ3) is 3.72. The van der Waals surface area contributed by atoms with Crippen LogP contribution in [0, 0.1) is 13.8 Å². The van der Waals surface area contributed by atoms with Gasteiger partial charge in [-0.1, -0.05) is 19.1 Å². The molecule has 2 N–H and O–H groups in total. The van der Waals surface area contributed by atoms with Crippen molar-refractivity contribution in [3.63, 3.8) is 0 Å². The van der Waals surface area contributed by atoms with Crippen molar-refractivity contribution < 1.29 is 9.47 Å². The van der Waals surface area contributed by atoms with Gasteiger partial charge in [-0.3, -0.25) is 0 Å². The van der Waals surface area contributed by atoms with Gasteiger partial charge < -0.3 is 15.2 Å². The van der Waals surface area contributed by atoms with Crippen LogP contribution in [0.25, 0.3) is 0 Å². The van der Waals surface area contributed by atoms with Crippen LogP contribution < -0.4 is 10.5 Å². The van der Waals surface area contributed by atoms with Crippen molar-refractivity contribution in [2.75, 3.05) is 20.3 Å². The molecule has 1 unspecified atom stereocenters. The van der Waals surface area contributed by atoms with Gasteiger partial charge in [-0.15, -0.1) is 0 Å². The first-order chi connectivity index (χ1) is 8.61. The summed E-state index contributed by atoms with van der Waals surface area (Å²) >= 11 is 0. The summed E-state index contributed by atoms with van der Waals surface area (Å²) in [6, 6.07) is 4.13. The summed E-state index contributed by atoms with van der Waals surface area (Å²) in [5.74, 6) is 0.915. The highest BCUT2D eigenvalue weighted by Gasteiger charge is 2.14. The second-order valence-electron chi connectivity index (χ2n) is 4.64. The van der Waals surface area contributed by atoms with Gasteiger partial charge in [-0.2, -0.15) is 0 Å². The van der Waals surface area contributed by atoms with Crippen LogP contribution in [0.3, 0.4) is 0 Å². The van der Waals surface area contributed by atoms with Crippen molar-refractivity contribution >= 4 is 0 Å². The van der Waals surface area contributed by atoms with Crippen molar-refractivity contribution in [3.8, 4) is 5.75 Å². The lowest BCUT2D eigenvalue weighted by Crippen LogP contribution is -2.15. The van der Waals surface area contributed by atoms with Crippen molar-refractivity contribution in [1.82, 2.24) is 0 Å². The standard InChI is InChI=1S/C15H25NO2/c1-5-9-18-10-8-14(16)13-7-6-11(2)12(3)15(13)17-4/h6-7,14H,5,8-10,16H2,1-4H3. The third-order valence-corrected chi connectivity index (χ3v) is 3.23. The molecule has 0 fully saturated rings. The zero-order chi connectivity index (χ0) is 13.5. The highest BCUT2D eigenvalue weighted by molar-refractivity contribution is 5.46. The molecule has 0 aromatic heterocycles. The van der Waals surface area contributed by atoms with Crippen molar-refractivity contribution in [1.29, 1.82) is 0 Å². The first-order valence-corrected chi connectivity index (χ1v) is 6.59. The molecular formula is C15H25NO2. The number of benzene rings is 1. The second kappa shape index (κ2) is 7.39. The summed E-state index contributed by atoms with van der Waals surface area (Å²) < 4.78 is 11.0. The molecule has 3 heteroatoms. The van der Waals surface area contributed by atoms with Gasteiger partial charge in [0.1, 0.15) is 5.75 Å². The number of rotatable bonds is 7. The molecule has 0 bridgehead atoms. The molecule has 102 valence electrons. The average molecular weight is 251 g/mol. The number of hydrogen-bond donors (Lipinski definition) is 1. The minimum Gasteiger partial charge on any atom is -0.496 e. The number of ether oxygens (including phenoxy) is 2. The summed E-state index contributed by atoms with van der Waals surface area (Å²) in [7, 11) is 1.70. The SMILES string of the molecule is CCCOCCC(N)c1ccc(C)c(C)c1OC. The van der Waals surface area contributed by atoms with E-state index in [1.165, 1.54) is 11.1 Å². The Hall–Kier alpha value is -1.06. The monoisotopic (exact) mass is 251 g/mol. The van der Waals surface area contributed by atoms with E-state index in [-0.39, 0.29) is 6.04 Å². The molecule has 0 saturated heterocycles. The van der Waals surface area contributed by atoms with E-state index in [1.807, 2.05) is 0 Å². The molecule has 0 aliphatic heterocycles. The van der Waals surface area contributed by atoms with Crippen LogP contribution in [-0.4, -0.2) is 20.3 Å². The van der Waals surface area contributed by atoms with Gasteiger partial charge in [0.05, 0.1) is 7.11 Å². The molecule has 0 aliphatic carbocycles. The minimum atomic E-state index is -0.0314. The van der Waals surface area contributed by atoms with Crippen LogP contribution >= 0.6 is 0 Å². The fraction of sp³-hybridized carbons (Fsp3) is 0.600. The van der Waals surface area contributed by atoms with Gasteiger partial charge in [0.2, 0.25) is 0 Å². The molecule has 1 aromatic rings. The van der Waals surface area contributed by atoms with E-state index in [1.54, 1.807) is 7.11 Å². The molecule has 0 saturated carbocycles. The lowest BCUT2D eigenvalue weighted by Gasteiger charge is -2.18. The summed E-state index contributed by atoms with van der Waals surface area (Å²) in [6.07, 6.45) is 1.86. The van der Waals surface area contributed by atoms with E-state index in [4.69, 9.17) is 15.2 Å². The van der Waals surface area contributed by atoms with Crippen LogP contribution in [0.2, 0.25) is 0 Å². The highest BCUT2D eigenvalue weighted by Crippen LogP contribution is 2.31. The van der Waals surface area contributed by atoms with Gasteiger partial charge in [0, 0.05) is 24.8 Å².